The predicted molar refractivity (Wildman–Crippen MR) is 75.1 cm³/mol. The molecule has 2 aromatic rings. The molecule has 0 unspecified atom stereocenters. The van der Waals surface area contributed by atoms with E-state index < -0.39 is 5.97 Å². The molecule has 0 saturated heterocycles. The number of azo groups is 1. The summed E-state index contributed by atoms with van der Waals surface area (Å²) in [6.07, 6.45) is 0.835. The van der Waals surface area contributed by atoms with Crippen LogP contribution in [0.1, 0.15) is 22.8 Å². The Morgan fingerprint density at radius 3 is 2.35 bits per heavy atom. The van der Waals surface area contributed by atoms with E-state index in [0.29, 0.717) is 11.4 Å². The second kappa shape index (κ2) is 5.97. The fourth-order valence-corrected chi connectivity index (χ4v) is 1.66. The average molecular weight is 270 g/mol. The Kier molecular flexibility index (Phi) is 4.10. The van der Waals surface area contributed by atoms with Gasteiger partial charge in [-0.05, 0) is 48.4 Å². The van der Waals surface area contributed by atoms with Crippen LogP contribution in [-0.2, 0) is 6.42 Å². The Morgan fingerprint density at radius 2 is 1.80 bits per heavy atom. The third-order valence-electron chi connectivity index (χ3n) is 2.84. The summed E-state index contributed by atoms with van der Waals surface area (Å²) in [4.78, 5) is 10.7. The fourth-order valence-electron chi connectivity index (χ4n) is 1.66. The van der Waals surface area contributed by atoms with Crippen LogP contribution in [0.3, 0.4) is 0 Å². The molecule has 0 spiro atoms. The van der Waals surface area contributed by atoms with Gasteiger partial charge in [-0.15, -0.1) is 5.11 Å². The first kappa shape index (κ1) is 13.7. The smallest absolute Gasteiger partial charge is 0.335 e. The Balaban J connectivity index is 2.18. The van der Waals surface area contributed by atoms with Crippen LogP contribution in [0, 0.1) is 0 Å². The molecule has 0 amide bonds. The number of carbonyl (C=O) groups is 1. The summed E-state index contributed by atoms with van der Waals surface area (Å²) in [6.45, 7) is 2.00. The van der Waals surface area contributed by atoms with Gasteiger partial charge in [-0.1, -0.05) is 13.0 Å². The van der Waals surface area contributed by atoms with Crippen molar-refractivity contribution in [3.63, 3.8) is 0 Å². The minimum atomic E-state index is -0.985. The number of aryl methyl sites for hydroxylation is 1. The predicted octanol–water partition coefficient (Wildman–Crippen LogP) is 4.07. The molecule has 5 heteroatoms. The van der Waals surface area contributed by atoms with Crippen molar-refractivity contribution in [1.82, 2.24) is 0 Å². The standard InChI is InChI=1S/C15H14N2O3/c1-2-10-3-8-13(14(18)9-10)17-16-12-6-4-11(5-7-12)15(19)20/h3-9,18H,2H2,1H3,(H,19,20)/b17-16+. The molecular formula is C15H14N2O3. The highest BCUT2D eigenvalue weighted by atomic mass is 16.4. The van der Waals surface area contributed by atoms with Crippen molar-refractivity contribution in [2.75, 3.05) is 0 Å². The van der Waals surface area contributed by atoms with Crippen molar-refractivity contribution in [3.05, 3.63) is 53.6 Å². The lowest BCUT2D eigenvalue weighted by Gasteiger charge is -2.01. The molecule has 102 valence electrons. The van der Waals surface area contributed by atoms with Crippen molar-refractivity contribution in [1.29, 1.82) is 0 Å². The molecule has 0 aliphatic heterocycles. The zero-order valence-corrected chi connectivity index (χ0v) is 10.9. The maximum Gasteiger partial charge on any atom is 0.335 e. The first-order valence-corrected chi connectivity index (χ1v) is 6.17. The van der Waals surface area contributed by atoms with Crippen molar-refractivity contribution >= 4 is 17.3 Å². The van der Waals surface area contributed by atoms with Crippen LogP contribution in [0.5, 0.6) is 5.75 Å². The van der Waals surface area contributed by atoms with E-state index in [4.69, 9.17) is 5.11 Å². The highest BCUT2D eigenvalue weighted by molar-refractivity contribution is 5.87. The third kappa shape index (κ3) is 3.20. The van der Waals surface area contributed by atoms with E-state index in [1.165, 1.54) is 12.1 Å². The number of hydrogen-bond acceptors (Lipinski definition) is 4. The molecular weight excluding hydrogens is 256 g/mol. The van der Waals surface area contributed by atoms with E-state index in [9.17, 15) is 9.90 Å². The minimum absolute atomic E-state index is 0.0789. The van der Waals surface area contributed by atoms with Crippen LogP contribution in [0.15, 0.2) is 52.7 Å². The van der Waals surface area contributed by atoms with Crippen LogP contribution in [0.2, 0.25) is 0 Å². The van der Waals surface area contributed by atoms with Crippen molar-refractivity contribution in [3.8, 4) is 5.75 Å². The Hall–Kier alpha value is -2.69. The molecule has 0 radical (unpaired) electrons. The number of nitrogens with zero attached hydrogens (tertiary/aromatic N) is 2. The summed E-state index contributed by atoms with van der Waals surface area (Å²) in [5, 5.41) is 26.5. The van der Waals surface area contributed by atoms with E-state index in [1.54, 1.807) is 24.3 Å². The molecule has 0 aliphatic rings. The van der Waals surface area contributed by atoms with Crippen molar-refractivity contribution in [2.45, 2.75) is 13.3 Å². The normalized spacial score (nSPS) is 10.8. The number of rotatable bonds is 4. The number of carboxylic acid groups (broad SMARTS) is 1. The number of hydrogen-bond donors (Lipinski definition) is 2. The van der Waals surface area contributed by atoms with E-state index in [-0.39, 0.29) is 11.3 Å². The molecule has 2 aromatic carbocycles. The van der Waals surface area contributed by atoms with Gasteiger partial charge >= 0.3 is 5.97 Å². The first-order valence-electron chi connectivity index (χ1n) is 6.17. The summed E-state index contributed by atoms with van der Waals surface area (Å²) < 4.78 is 0. The van der Waals surface area contributed by atoms with Gasteiger partial charge in [0.2, 0.25) is 0 Å². The number of benzene rings is 2. The van der Waals surface area contributed by atoms with Crippen molar-refractivity contribution < 1.29 is 15.0 Å². The topological polar surface area (TPSA) is 82.2 Å². The summed E-state index contributed by atoms with van der Waals surface area (Å²) in [5.41, 5.74) is 2.12. The van der Waals surface area contributed by atoms with Crippen LogP contribution in [-0.4, -0.2) is 16.2 Å². The largest absolute Gasteiger partial charge is 0.506 e. The highest BCUT2D eigenvalue weighted by Crippen LogP contribution is 2.29. The van der Waals surface area contributed by atoms with E-state index in [2.05, 4.69) is 10.2 Å². The molecule has 0 bridgehead atoms. The second-order valence-electron chi connectivity index (χ2n) is 4.23. The van der Waals surface area contributed by atoms with Gasteiger partial charge in [0.05, 0.1) is 11.3 Å². The van der Waals surface area contributed by atoms with Crippen LogP contribution < -0.4 is 0 Å². The lowest BCUT2D eigenvalue weighted by atomic mass is 10.1. The molecule has 2 rings (SSSR count). The molecule has 0 atom stereocenters. The Labute approximate surface area is 116 Å². The van der Waals surface area contributed by atoms with Gasteiger partial charge in [-0.3, -0.25) is 0 Å². The van der Waals surface area contributed by atoms with Gasteiger partial charge in [-0.2, -0.15) is 5.11 Å². The first-order chi connectivity index (χ1) is 9.60. The number of aromatic carboxylic acids is 1. The van der Waals surface area contributed by atoms with E-state index in [1.807, 2.05) is 13.0 Å². The van der Waals surface area contributed by atoms with E-state index in [0.717, 1.165) is 12.0 Å². The monoisotopic (exact) mass is 270 g/mol. The zero-order valence-electron chi connectivity index (χ0n) is 10.9. The highest BCUT2D eigenvalue weighted by Gasteiger charge is 2.02. The molecule has 0 fully saturated rings. The van der Waals surface area contributed by atoms with E-state index >= 15 is 0 Å². The number of phenolic OH excluding ortho intramolecular Hbond substituents is 1. The van der Waals surface area contributed by atoms with Gasteiger partial charge in [0, 0.05) is 0 Å². The van der Waals surface area contributed by atoms with Gasteiger partial charge in [0.15, 0.2) is 0 Å². The molecule has 0 heterocycles. The third-order valence-corrected chi connectivity index (χ3v) is 2.84. The van der Waals surface area contributed by atoms with Gasteiger partial charge in [0.25, 0.3) is 0 Å². The number of carboxylic acids is 1. The maximum atomic E-state index is 10.7. The quantitative estimate of drug-likeness (QED) is 0.821. The average Bonchev–Trinajstić information content (AvgIpc) is 2.46. The number of aromatic hydroxyl groups is 1. The summed E-state index contributed by atoms with van der Waals surface area (Å²) >= 11 is 0. The molecule has 5 nitrogen and oxygen atoms in total. The minimum Gasteiger partial charge on any atom is -0.506 e. The summed E-state index contributed by atoms with van der Waals surface area (Å²) in [6, 6.07) is 11.3. The fraction of sp³-hybridized carbons (Fsp3) is 0.133. The molecule has 0 saturated carbocycles. The molecule has 20 heavy (non-hydrogen) atoms. The molecule has 0 aliphatic carbocycles. The van der Waals surface area contributed by atoms with Crippen LogP contribution in [0.4, 0.5) is 11.4 Å². The number of phenols is 1. The van der Waals surface area contributed by atoms with Crippen molar-refractivity contribution in [2.24, 2.45) is 10.2 Å². The summed E-state index contributed by atoms with van der Waals surface area (Å²) in [7, 11) is 0. The molecule has 0 aromatic heterocycles. The Bertz CT molecular complexity index is 649. The maximum absolute atomic E-state index is 10.7. The van der Waals surface area contributed by atoms with Gasteiger partial charge < -0.3 is 10.2 Å². The molecule has 2 N–H and O–H groups in total. The second-order valence-corrected chi connectivity index (χ2v) is 4.23. The SMILES string of the molecule is CCc1ccc(/N=N/c2ccc(C(=O)O)cc2)c(O)c1. The van der Waals surface area contributed by atoms with Gasteiger partial charge in [0.1, 0.15) is 11.4 Å². The summed E-state index contributed by atoms with van der Waals surface area (Å²) in [5.74, 6) is -0.906. The van der Waals surface area contributed by atoms with Gasteiger partial charge in [-0.25, -0.2) is 4.79 Å². The van der Waals surface area contributed by atoms with Crippen LogP contribution in [0.25, 0.3) is 0 Å². The van der Waals surface area contributed by atoms with Crippen LogP contribution >= 0.6 is 0 Å². The Morgan fingerprint density at radius 1 is 1.10 bits per heavy atom. The lowest BCUT2D eigenvalue weighted by Crippen LogP contribution is -1.93. The zero-order chi connectivity index (χ0) is 14.5. The lowest BCUT2D eigenvalue weighted by molar-refractivity contribution is 0.0697.